The zero-order chi connectivity index (χ0) is 13.1. The lowest BCUT2D eigenvalue weighted by Crippen LogP contribution is -2.47. The van der Waals surface area contributed by atoms with Crippen LogP contribution in [0.4, 0.5) is 0 Å². The lowest BCUT2D eigenvalue weighted by molar-refractivity contribution is 0.0955. The monoisotopic (exact) mass is 236 g/mol. The second-order valence-electron chi connectivity index (χ2n) is 4.82. The SMILES string of the molecule is CC(O)C(C)(C)NCc1cccc(C(N)=O)c1. The average molecular weight is 236 g/mol. The molecule has 17 heavy (non-hydrogen) atoms. The fourth-order valence-corrected chi connectivity index (χ4v) is 1.31. The first kappa shape index (κ1) is 13.7. The van der Waals surface area contributed by atoms with Crippen molar-refractivity contribution in [3.8, 4) is 0 Å². The Morgan fingerprint density at radius 2 is 2.18 bits per heavy atom. The molecule has 1 atom stereocenters. The highest BCUT2D eigenvalue weighted by Crippen LogP contribution is 2.11. The molecule has 0 bridgehead atoms. The van der Waals surface area contributed by atoms with Gasteiger partial charge in [0.1, 0.15) is 0 Å². The number of amides is 1. The minimum Gasteiger partial charge on any atom is -0.392 e. The number of aliphatic hydroxyl groups excluding tert-OH is 1. The molecule has 0 radical (unpaired) electrons. The Morgan fingerprint density at radius 3 is 2.71 bits per heavy atom. The first-order chi connectivity index (χ1) is 7.83. The fourth-order valence-electron chi connectivity index (χ4n) is 1.31. The Bertz CT molecular complexity index is 400. The smallest absolute Gasteiger partial charge is 0.248 e. The number of hydrogen-bond donors (Lipinski definition) is 3. The summed E-state index contributed by atoms with van der Waals surface area (Å²) >= 11 is 0. The average Bonchev–Trinajstić information content (AvgIpc) is 2.26. The van der Waals surface area contributed by atoms with Gasteiger partial charge in [0, 0.05) is 17.6 Å². The van der Waals surface area contributed by atoms with Crippen LogP contribution in [-0.2, 0) is 6.54 Å². The molecule has 0 aromatic heterocycles. The molecule has 0 fully saturated rings. The topological polar surface area (TPSA) is 75.3 Å². The Labute approximate surface area is 102 Å². The van der Waals surface area contributed by atoms with Gasteiger partial charge < -0.3 is 16.2 Å². The lowest BCUT2D eigenvalue weighted by Gasteiger charge is -2.29. The van der Waals surface area contributed by atoms with Crippen molar-refractivity contribution in [1.29, 1.82) is 0 Å². The van der Waals surface area contributed by atoms with Crippen molar-refractivity contribution < 1.29 is 9.90 Å². The van der Waals surface area contributed by atoms with Crippen LogP contribution < -0.4 is 11.1 Å². The summed E-state index contributed by atoms with van der Waals surface area (Å²) < 4.78 is 0. The third-order valence-electron chi connectivity index (χ3n) is 3.00. The van der Waals surface area contributed by atoms with Gasteiger partial charge in [0.05, 0.1) is 6.10 Å². The zero-order valence-corrected chi connectivity index (χ0v) is 10.5. The quantitative estimate of drug-likeness (QED) is 0.715. The van der Waals surface area contributed by atoms with Gasteiger partial charge in [0.15, 0.2) is 0 Å². The molecule has 94 valence electrons. The highest BCUT2D eigenvalue weighted by atomic mass is 16.3. The van der Waals surface area contributed by atoms with Crippen molar-refractivity contribution in [2.45, 2.75) is 39.0 Å². The van der Waals surface area contributed by atoms with E-state index in [9.17, 15) is 9.90 Å². The fraction of sp³-hybridized carbons (Fsp3) is 0.462. The molecule has 4 heteroatoms. The predicted octanol–water partition coefficient (Wildman–Crippen LogP) is 1.03. The minimum atomic E-state index is -0.457. The summed E-state index contributed by atoms with van der Waals surface area (Å²) in [5.74, 6) is -0.429. The van der Waals surface area contributed by atoms with Crippen LogP contribution in [0.1, 0.15) is 36.7 Å². The summed E-state index contributed by atoms with van der Waals surface area (Å²) in [5.41, 5.74) is 6.31. The van der Waals surface area contributed by atoms with E-state index in [1.807, 2.05) is 19.9 Å². The van der Waals surface area contributed by atoms with E-state index in [1.165, 1.54) is 0 Å². The first-order valence-corrected chi connectivity index (χ1v) is 5.65. The third kappa shape index (κ3) is 3.84. The maximum atomic E-state index is 11.0. The van der Waals surface area contributed by atoms with E-state index in [0.29, 0.717) is 12.1 Å². The maximum Gasteiger partial charge on any atom is 0.248 e. The molecule has 4 N–H and O–H groups in total. The summed E-state index contributed by atoms with van der Waals surface area (Å²) in [6, 6.07) is 7.16. The van der Waals surface area contributed by atoms with Crippen LogP contribution in [-0.4, -0.2) is 22.7 Å². The Hall–Kier alpha value is -1.39. The number of primary amides is 1. The summed E-state index contributed by atoms with van der Waals surface area (Å²) in [4.78, 5) is 11.0. The number of hydrogen-bond acceptors (Lipinski definition) is 3. The molecule has 1 aromatic rings. The third-order valence-corrected chi connectivity index (χ3v) is 3.00. The number of nitrogens with two attached hydrogens (primary N) is 1. The van der Waals surface area contributed by atoms with Crippen molar-refractivity contribution in [3.63, 3.8) is 0 Å². The zero-order valence-electron chi connectivity index (χ0n) is 10.5. The van der Waals surface area contributed by atoms with E-state index in [0.717, 1.165) is 5.56 Å². The van der Waals surface area contributed by atoms with Gasteiger partial charge in [0.2, 0.25) is 5.91 Å². The molecule has 1 aromatic carbocycles. The molecular formula is C13H20N2O2. The number of aliphatic hydroxyl groups is 1. The van der Waals surface area contributed by atoms with Gasteiger partial charge in [-0.2, -0.15) is 0 Å². The second kappa shape index (κ2) is 5.29. The van der Waals surface area contributed by atoms with Crippen LogP contribution in [0.3, 0.4) is 0 Å². The van der Waals surface area contributed by atoms with E-state index in [2.05, 4.69) is 5.32 Å². The van der Waals surface area contributed by atoms with Crippen LogP contribution in [0.2, 0.25) is 0 Å². The van der Waals surface area contributed by atoms with Crippen LogP contribution in [0.25, 0.3) is 0 Å². The molecule has 0 saturated carbocycles. The van der Waals surface area contributed by atoms with E-state index in [-0.39, 0.29) is 5.54 Å². The molecule has 1 unspecified atom stereocenters. The standard InChI is InChI=1S/C13H20N2O2/c1-9(16)13(2,3)15-8-10-5-4-6-11(7-10)12(14)17/h4-7,9,15-16H,8H2,1-3H3,(H2,14,17). The van der Waals surface area contributed by atoms with Crippen molar-refractivity contribution >= 4 is 5.91 Å². The Kier molecular flexibility index (Phi) is 4.26. The molecule has 4 nitrogen and oxygen atoms in total. The molecule has 0 saturated heterocycles. The maximum absolute atomic E-state index is 11.0. The minimum absolute atomic E-state index is 0.372. The van der Waals surface area contributed by atoms with E-state index in [1.54, 1.807) is 25.1 Å². The lowest BCUT2D eigenvalue weighted by atomic mass is 9.98. The van der Waals surface area contributed by atoms with Crippen LogP contribution >= 0.6 is 0 Å². The summed E-state index contributed by atoms with van der Waals surface area (Å²) in [7, 11) is 0. The van der Waals surface area contributed by atoms with Crippen LogP contribution in [0, 0.1) is 0 Å². The van der Waals surface area contributed by atoms with E-state index >= 15 is 0 Å². The van der Waals surface area contributed by atoms with Gasteiger partial charge in [-0.1, -0.05) is 12.1 Å². The van der Waals surface area contributed by atoms with Crippen LogP contribution in [0.15, 0.2) is 24.3 Å². The predicted molar refractivity (Wildman–Crippen MR) is 67.6 cm³/mol. The molecule has 0 heterocycles. The summed E-state index contributed by atoms with van der Waals surface area (Å²) in [6.07, 6.45) is -0.457. The molecule has 0 aliphatic carbocycles. The molecular weight excluding hydrogens is 216 g/mol. The molecule has 0 spiro atoms. The van der Waals surface area contributed by atoms with Gasteiger partial charge in [0.25, 0.3) is 0 Å². The highest BCUT2D eigenvalue weighted by Gasteiger charge is 2.22. The van der Waals surface area contributed by atoms with E-state index < -0.39 is 12.0 Å². The van der Waals surface area contributed by atoms with Crippen molar-refractivity contribution in [2.75, 3.05) is 0 Å². The Morgan fingerprint density at radius 1 is 1.53 bits per heavy atom. The highest BCUT2D eigenvalue weighted by molar-refractivity contribution is 5.92. The summed E-state index contributed by atoms with van der Waals surface area (Å²) in [6.45, 7) is 6.18. The number of carbonyl (C=O) groups excluding carboxylic acids is 1. The van der Waals surface area contributed by atoms with Crippen LogP contribution in [0.5, 0.6) is 0 Å². The number of rotatable bonds is 5. The molecule has 1 rings (SSSR count). The number of nitrogens with one attached hydrogen (secondary N) is 1. The molecule has 0 aliphatic rings. The van der Waals surface area contributed by atoms with Crippen molar-refractivity contribution in [1.82, 2.24) is 5.32 Å². The van der Waals surface area contributed by atoms with Crippen molar-refractivity contribution in [2.24, 2.45) is 5.73 Å². The van der Waals surface area contributed by atoms with Crippen molar-refractivity contribution in [3.05, 3.63) is 35.4 Å². The first-order valence-electron chi connectivity index (χ1n) is 5.65. The van der Waals surface area contributed by atoms with Gasteiger partial charge in [-0.25, -0.2) is 0 Å². The largest absolute Gasteiger partial charge is 0.392 e. The second-order valence-corrected chi connectivity index (χ2v) is 4.82. The summed E-state index contributed by atoms with van der Waals surface area (Å²) in [5, 5.41) is 12.8. The van der Waals surface area contributed by atoms with Gasteiger partial charge in [-0.3, -0.25) is 4.79 Å². The normalized spacial score (nSPS) is 13.4. The van der Waals surface area contributed by atoms with E-state index in [4.69, 9.17) is 5.73 Å². The number of carbonyl (C=O) groups is 1. The molecule has 0 aliphatic heterocycles. The van der Waals surface area contributed by atoms with Gasteiger partial charge in [-0.05, 0) is 38.5 Å². The van der Waals surface area contributed by atoms with Gasteiger partial charge >= 0.3 is 0 Å². The molecule has 1 amide bonds. The number of benzene rings is 1. The Balaban J connectivity index is 2.70. The van der Waals surface area contributed by atoms with Gasteiger partial charge in [-0.15, -0.1) is 0 Å².